The molecule has 0 aliphatic heterocycles. The Morgan fingerprint density at radius 1 is 1.50 bits per heavy atom. The lowest BCUT2D eigenvalue weighted by Crippen LogP contribution is -2.13. The summed E-state index contributed by atoms with van der Waals surface area (Å²) in [6, 6.07) is -0.0266. The van der Waals surface area contributed by atoms with Crippen molar-refractivity contribution >= 4 is 0 Å². The van der Waals surface area contributed by atoms with Crippen LogP contribution in [-0.4, -0.2) is 17.1 Å². The third-order valence-corrected chi connectivity index (χ3v) is 2.65. The molecule has 4 nitrogen and oxygen atoms in total. The minimum absolute atomic E-state index is 0.00849. The first-order chi connectivity index (χ1) is 7.60. The van der Waals surface area contributed by atoms with Gasteiger partial charge in [-0.2, -0.15) is 0 Å². The summed E-state index contributed by atoms with van der Waals surface area (Å²) in [6.07, 6.45) is 3.79. The zero-order valence-electron chi connectivity index (χ0n) is 10.5. The molecule has 0 aromatic carbocycles. The van der Waals surface area contributed by atoms with Crippen molar-refractivity contribution in [3.8, 4) is 0 Å². The van der Waals surface area contributed by atoms with Crippen molar-refractivity contribution in [3.05, 3.63) is 23.3 Å². The lowest BCUT2D eigenvalue weighted by atomic mass is 10.1. The van der Waals surface area contributed by atoms with Crippen LogP contribution in [0.1, 0.15) is 55.9 Å². The van der Waals surface area contributed by atoms with Crippen molar-refractivity contribution in [3.63, 3.8) is 0 Å². The van der Waals surface area contributed by atoms with Crippen LogP contribution in [0.2, 0.25) is 0 Å². The highest BCUT2D eigenvalue weighted by Gasteiger charge is 2.14. The average molecular weight is 223 g/mol. The molecule has 1 heterocycles. The van der Waals surface area contributed by atoms with E-state index in [-0.39, 0.29) is 12.1 Å². The smallest absolute Gasteiger partial charge is 0.157 e. The van der Waals surface area contributed by atoms with Gasteiger partial charge in [0.15, 0.2) is 5.82 Å². The van der Waals surface area contributed by atoms with Gasteiger partial charge in [0.1, 0.15) is 6.10 Å². The van der Waals surface area contributed by atoms with Crippen LogP contribution >= 0.6 is 0 Å². The van der Waals surface area contributed by atoms with Gasteiger partial charge in [0.05, 0.1) is 0 Å². The van der Waals surface area contributed by atoms with Crippen LogP contribution in [0, 0.1) is 6.92 Å². The van der Waals surface area contributed by atoms with Gasteiger partial charge in [-0.15, -0.1) is 0 Å². The molecule has 0 aliphatic rings. The highest BCUT2D eigenvalue weighted by atomic mass is 16.5. The van der Waals surface area contributed by atoms with E-state index >= 15 is 0 Å². The second kappa shape index (κ2) is 5.92. The van der Waals surface area contributed by atoms with Gasteiger partial charge in [-0.25, -0.2) is 9.97 Å². The van der Waals surface area contributed by atoms with E-state index in [0.717, 1.165) is 29.9 Å². The largest absolute Gasteiger partial charge is 0.373 e. The monoisotopic (exact) mass is 223 g/mol. The van der Waals surface area contributed by atoms with Crippen LogP contribution in [0.25, 0.3) is 0 Å². The molecule has 90 valence electrons. The fourth-order valence-electron chi connectivity index (χ4n) is 1.71. The second-order valence-corrected chi connectivity index (χ2v) is 4.07. The predicted molar refractivity (Wildman–Crippen MR) is 64.0 cm³/mol. The number of nitrogens with two attached hydrogens (primary N) is 1. The molecule has 4 heteroatoms. The Morgan fingerprint density at radius 3 is 2.62 bits per heavy atom. The summed E-state index contributed by atoms with van der Waals surface area (Å²) in [5, 5.41) is 0. The van der Waals surface area contributed by atoms with Crippen molar-refractivity contribution in [2.75, 3.05) is 7.11 Å². The molecule has 0 radical (unpaired) electrons. The molecule has 2 N–H and O–H groups in total. The molecule has 0 bridgehead atoms. The summed E-state index contributed by atoms with van der Waals surface area (Å²) in [6.45, 7) is 6.02. The summed E-state index contributed by atoms with van der Waals surface area (Å²) in [5.74, 6) is 0.756. The zero-order chi connectivity index (χ0) is 12.1. The molecule has 0 amide bonds. The van der Waals surface area contributed by atoms with Crippen molar-refractivity contribution < 1.29 is 4.74 Å². The fourth-order valence-corrected chi connectivity index (χ4v) is 1.71. The molecule has 0 spiro atoms. The van der Waals surface area contributed by atoms with Gasteiger partial charge in [-0.05, 0) is 20.3 Å². The maximum absolute atomic E-state index is 5.82. The maximum atomic E-state index is 5.82. The van der Waals surface area contributed by atoms with E-state index in [0.29, 0.717) is 0 Å². The number of ether oxygens (including phenoxy) is 1. The quantitative estimate of drug-likeness (QED) is 0.832. The van der Waals surface area contributed by atoms with E-state index in [1.807, 2.05) is 20.0 Å². The Labute approximate surface area is 97.2 Å². The number of hydrogen-bond acceptors (Lipinski definition) is 4. The third kappa shape index (κ3) is 3.00. The van der Waals surface area contributed by atoms with Gasteiger partial charge in [-0.3, -0.25) is 0 Å². The highest BCUT2D eigenvalue weighted by Crippen LogP contribution is 2.20. The Bertz CT molecular complexity index is 339. The summed E-state index contributed by atoms with van der Waals surface area (Å²) in [5.41, 5.74) is 7.76. The van der Waals surface area contributed by atoms with Crippen LogP contribution in [0.15, 0.2) is 6.20 Å². The molecule has 1 aromatic rings. The Kier molecular flexibility index (Phi) is 4.83. The highest BCUT2D eigenvalue weighted by molar-refractivity contribution is 5.19. The zero-order valence-corrected chi connectivity index (χ0v) is 10.5. The van der Waals surface area contributed by atoms with Crippen LogP contribution in [0.3, 0.4) is 0 Å². The molecule has 0 aliphatic carbocycles. The van der Waals surface area contributed by atoms with Gasteiger partial charge < -0.3 is 10.5 Å². The molecule has 1 rings (SSSR count). The molecule has 2 atom stereocenters. The first-order valence-electron chi connectivity index (χ1n) is 5.72. The first-order valence-corrected chi connectivity index (χ1v) is 5.72. The maximum Gasteiger partial charge on any atom is 0.157 e. The molecule has 16 heavy (non-hydrogen) atoms. The molecule has 0 fully saturated rings. The first kappa shape index (κ1) is 13.1. The summed E-state index contributed by atoms with van der Waals surface area (Å²) >= 11 is 0. The van der Waals surface area contributed by atoms with Crippen molar-refractivity contribution in [2.24, 2.45) is 5.73 Å². The van der Waals surface area contributed by atoms with E-state index < -0.39 is 0 Å². The van der Waals surface area contributed by atoms with Gasteiger partial charge >= 0.3 is 0 Å². The van der Waals surface area contributed by atoms with E-state index in [1.165, 1.54) is 0 Å². The Hall–Kier alpha value is -1.00. The molecule has 0 saturated carbocycles. The Morgan fingerprint density at radius 2 is 2.19 bits per heavy atom. The lowest BCUT2D eigenvalue weighted by Gasteiger charge is -2.15. The SMILES string of the molecule is CCCC(OC)c1ncc(C(C)N)c(C)n1. The van der Waals surface area contributed by atoms with Crippen LogP contribution in [0.4, 0.5) is 0 Å². The van der Waals surface area contributed by atoms with E-state index in [9.17, 15) is 0 Å². The van der Waals surface area contributed by atoms with Crippen molar-refractivity contribution in [2.45, 2.75) is 45.8 Å². The molecule has 0 saturated heterocycles. The van der Waals surface area contributed by atoms with Crippen molar-refractivity contribution in [1.82, 2.24) is 9.97 Å². The van der Waals surface area contributed by atoms with Gasteiger partial charge in [0.2, 0.25) is 0 Å². The standard InChI is InChI=1S/C12H21N3O/c1-5-6-11(16-4)12-14-7-10(8(2)13)9(3)15-12/h7-8,11H,5-6,13H2,1-4H3. The van der Waals surface area contributed by atoms with Crippen LogP contribution in [0.5, 0.6) is 0 Å². The number of aryl methyl sites for hydroxylation is 1. The van der Waals surface area contributed by atoms with E-state index in [2.05, 4.69) is 16.9 Å². The van der Waals surface area contributed by atoms with Crippen molar-refractivity contribution in [1.29, 1.82) is 0 Å². The summed E-state index contributed by atoms with van der Waals surface area (Å²) < 4.78 is 5.38. The average Bonchev–Trinajstić information content (AvgIpc) is 2.25. The normalized spacial score (nSPS) is 14.8. The number of aromatic nitrogens is 2. The summed E-state index contributed by atoms with van der Waals surface area (Å²) in [4.78, 5) is 8.80. The van der Waals surface area contributed by atoms with Crippen LogP contribution < -0.4 is 5.73 Å². The lowest BCUT2D eigenvalue weighted by molar-refractivity contribution is 0.0874. The minimum Gasteiger partial charge on any atom is -0.373 e. The number of hydrogen-bond donors (Lipinski definition) is 1. The van der Waals surface area contributed by atoms with E-state index in [4.69, 9.17) is 10.5 Å². The predicted octanol–water partition coefficient (Wildman–Crippen LogP) is 2.29. The number of nitrogens with zero attached hydrogens (tertiary/aromatic N) is 2. The third-order valence-electron chi connectivity index (χ3n) is 2.65. The van der Waals surface area contributed by atoms with Gasteiger partial charge in [0, 0.05) is 30.6 Å². The molecular weight excluding hydrogens is 202 g/mol. The van der Waals surface area contributed by atoms with Gasteiger partial charge in [0.25, 0.3) is 0 Å². The number of rotatable bonds is 5. The second-order valence-electron chi connectivity index (χ2n) is 4.07. The number of methoxy groups -OCH3 is 1. The Balaban J connectivity index is 2.95. The van der Waals surface area contributed by atoms with Crippen LogP contribution in [-0.2, 0) is 4.74 Å². The minimum atomic E-state index is -0.0266. The molecular formula is C12H21N3O. The topological polar surface area (TPSA) is 61.0 Å². The van der Waals surface area contributed by atoms with Gasteiger partial charge in [-0.1, -0.05) is 13.3 Å². The molecule has 1 aromatic heterocycles. The fraction of sp³-hybridized carbons (Fsp3) is 0.667. The van der Waals surface area contributed by atoms with E-state index in [1.54, 1.807) is 7.11 Å². The summed E-state index contributed by atoms with van der Waals surface area (Å²) in [7, 11) is 1.69. The molecule has 2 unspecified atom stereocenters.